The maximum Gasteiger partial charge on any atom is 0.152 e. The highest BCUT2D eigenvalue weighted by atomic mass is 16.5. The van der Waals surface area contributed by atoms with E-state index >= 15 is 0 Å². The Bertz CT molecular complexity index is 584. The molecule has 0 atom stereocenters. The largest absolute Gasteiger partial charge is 0.494 e. The van der Waals surface area contributed by atoms with E-state index in [1.165, 1.54) is 0 Å². The molecule has 1 aromatic carbocycles. The average Bonchev–Trinajstić information content (AvgIpc) is 2.69. The van der Waals surface area contributed by atoms with Crippen LogP contribution in [0.1, 0.15) is 42.7 Å². The van der Waals surface area contributed by atoms with E-state index in [1.54, 1.807) is 0 Å². The summed E-state index contributed by atoms with van der Waals surface area (Å²) in [5, 5.41) is 0.989. The van der Waals surface area contributed by atoms with E-state index in [0.717, 1.165) is 60.2 Å². The number of aldehydes is 1. The number of hydrogen-bond acceptors (Lipinski definition) is 2. The van der Waals surface area contributed by atoms with Crippen molar-refractivity contribution in [2.75, 3.05) is 6.61 Å². The summed E-state index contributed by atoms with van der Waals surface area (Å²) in [4.78, 5) is 11.3. The standard InChI is InChI=1S/C16H21NO2/c1-4-6-9-19-13-7-8-16-14(10-13)15(11-18)12(3)17(16)5-2/h7-8,10-11H,4-6,9H2,1-3H3. The third-order valence-electron chi connectivity index (χ3n) is 3.54. The Kier molecular flexibility index (Phi) is 4.25. The summed E-state index contributed by atoms with van der Waals surface area (Å²) in [6.07, 6.45) is 3.11. The Morgan fingerprint density at radius 3 is 2.74 bits per heavy atom. The van der Waals surface area contributed by atoms with Crippen LogP contribution in [0.3, 0.4) is 0 Å². The van der Waals surface area contributed by atoms with Crippen molar-refractivity contribution in [2.45, 2.75) is 40.2 Å². The SMILES string of the molecule is CCCCOc1ccc2c(c1)c(C=O)c(C)n2CC. The van der Waals surface area contributed by atoms with E-state index in [9.17, 15) is 4.79 Å². The molecular weight excluding hydrogens is 238 g/mol. The fourth-order valence-corrected chi connectivity index (χ4v) is 2.47. The van der Waals surface area contributed by atoms with Gasteiger partial charge in [-0.15, -0.1) is 0 Å². The van der Waals surface area contributed by atoms with E-state index < -0.39 is 0 Å². The topological polar surface area (TPSA) is 31.2 Å². The third-order valence-corrected chi connectivity index (χ3v) is 3.54. The van der Waals surface area contributed by atoms with Crippen LogP contribution in [0.25, 0.3) is 10.9 Å². The highest BCUT2D eigenvalue weighted by molar-refractivity contribution is 6.00. The molecule has 1 heterocycles. The van der Waals surface area contributed by atoms with Gasteiger partial charge in [-0.1, -0.05) is 13.3 Å². The summed E-state index contributed by atoms with van der Waals surface area (Å²) in [6.45, 7) is 7.82. The molecule has 102 valence electrons. The number of nitrogens with zero attached hydrogens (tertiary/aromatic N) is 1. The van der Waals surface area contributed by atoms with Gasteiger partial charge in [0, 0.05) is 28.7 Å². The number of aryl methyl sites for hydroxylation is 1. The lowest BCUT2D eigenvalue weighted by Crippen LogP contribution is -1.97. The van der Waals surface area contributed by atoms with E-state index in [2.05, 4.69) is 18.4 Å². The molecule has 2 rings (SSSR count). The number of carbonyl (C=O) groups excluding carboxylic acids is 1. The van der Waals surface area contributed by atoms with Gasteiger partial charge in [0.2, 0.25) is 0 Å². The molecule has 0 aliphatic carbocycles. The van der Waals surface area contributed by atoms with Crippen molar-refractivity contribution < 1.29 is 9.53 Å². The van der Waals surface area contributed by atoms with E-state index in [-0.39, 0.29) is 0 Å². The minimum atomic E-state index is 0.728. The van der Waals surface area contributed by atoms with Crippen molar-refractivity contribution >= 4 is 17.2 Å². The quantitative estimate of drug-likeness (QED) is 0.581. The van der Waals surface area contributed by atoms with Crippen LogP contribution in [-0.4, -0.2) is 17.5 Å². The number of carbonyl (C=O) groups is 1. The molecule has 1 aromatic heterocycles. The van der Waals surface area contributed by atoms with Crippen LogP contribution in [0.2, 0.25) is 0 Å². The van der Waals surface area contributed by atoms with Gasteiger partial charge in [0.15, 0.2) is 6.29 Å². The molecule has 3 heteroatoms. The van der Waals surface area contributed by atoms with Crippen LogP contribution in [0, 0.1) is 6.92 Å². The maximum absolute atomic E-state index is 11.3. The Balaban J connectivity index is 2.44. The molecule has 0 saturated heterocycles. The second kappa shape index (κ2) is 5.91. The van der Waals surface area contributed by atoms with Crippen LogP contribution < -0.4 is 4.74 Å². The fraction of sp³-hybridized carbons (Fsp3) is 0.438. The van der Waals surface area contributed by atoms with Gasteiger partial charge in [-0.05, 0) is 38.5 Å². The summed E-state index contributed by atoms with van der Waals surface area (Å²) < 4.78 is 7.87. The molecule has 0 bridgehead atoms. The number of ether oxygens (including phenoxy) is 1. The van der Waals surface area contributed by atoms with Gasteiger partial charge in [-0.3, -0.25) is 4.79 Å². The minimum absolute atomic E-state index is 0.728. The molecule has 3 nitrogen and oxygen atoms in total. The number of fused-ring (bicyclic) bond motifs is 1. The van der Waals surface area contributed by atoms with E-state index in [4.69, 9.17) is 4.74 Å². The lowest BCUT2D eigenvalue weighted by Gasteiger charge is -2.06. The molecule has 0 fully saturated rings. The maximum atomic E-state index is 11.3. The predicted octanol–water partition coefficient (Wildman–Crippen LogP) is 3.96. The summed E-state index contributed by atoms with van der Waals surface area (Å²) in [7, 11) is 0. The zero-order chi connectivity index (χ0) is 13.8. The van der Waals surface area contributed by atoms with Crippen molar-refractivity contribution in [1.82, 2.24) is 4.57 Å². The first-order chi connectivity index (χ1) is 9.22. The Morgan fingerprint density at radius 2 is 2.11 bits per heavy atom. The predicted molar refractivity (Wildman–Crippen MR) is 78.1 cm³/mol. The van der Waals surface area contributed by atoms with Crippen molar-refractivity contribution in [3.8, 4) is 5.75 Å². The molecule has 0 radical (unpaired) electrons. The smallest absolute Gasteiger partial charge is 0.152 e. The first-order valence-electron chi connectivity index (χ1n) is 6.93. The Hall–Kier alpha value is -1.77. The molecule has 0 N–H and O–H groups in total. The number of rotatable bonds is 6. The second-order valence-electron chi connectivity index (χ2n) is 4.74. The van der Waals surface area contributed by atoms with Crippen LogP contribution >= 0.6 is 0 Å². The number of benzene rings is 1. The summed E-state index contributed by atoms with van der Waals surface area (Å²) in [5.41, 5.74) is 2.90. The summed E-state index contributed by atoms with van der Waals surface area (Å²) in [5.74, 6) is 0.845. The lowest BCUT2D eigenvalue weighted by atomic mass is 10.1. The Morgan fingerprint density at radius 1 is 1.32 bits per heavy atom. The summed E-state index contributed by atoms with van der Waals surface area (Å²) in [6, 6.07) is 6.01. The van der Waals surface area contributed by atoms with Crippen LogP contribution in [0.5, 0.6) is 5.75 Å². The van der Waals surface area contributed by atoms with Gasteiger partial charge in [-0.25, -0.2) is 0 Å². The number of hydrogen-bond donors (Lipinski definition) is 0. The molecular formula is C16H21NO2. The molecule has 0 amide bonds. The lowest BCUT2D eigenvalue weighted by molar-refractivity contribution is 0.112. The van der Waals surface area contributed by atoms with Crippen LogP contribution in [-0.2, 0) is 6.54 Å². The van der Waals surface area contributed by atoms with E-state index in [0.29, 0.717) is 0 Å². The first-order valence-corrected chi connectivity index (χ1v) is 6.93. The van der Waals surface area contributed by atoms with Crippen molar-refractivity contribution in [3.63, 3.8) is 0 Å². The molecule has 0 aliphatic rings. The molecule has 2 aromatic rings. The molecule has 0 aliphatic heterocycles. The number of aromatic nitrogens is 1. The minimum Gasteiger partial charge on any atom is -0.494 e. The van der Waals surface area contributed by atoms with Gasteiger partial charge in [-0.2, -0.15) is 0 Å². The van der Waals surface area contributed by atoms with Crippen molar-refractivity contribution in [2.24, 2.45) is 0 Å². The highest BCUT2D eigenvalue weighted by Gasteiger charge is 2.13. The summed E-state index contributed by atoms with van der Waals surface area (Å²) >= 11 is 0. The first kappa shape index (κ1) is 13.7. The fourth-order valence-electron chi connectivity index (χ4n) is 2.47. The second-order valence-corrected chi connectivity index (χ2v) is 4.74. The van der Waals surface area contributed by atoms with Gasteiger partial charge in [0.25, 0.3) is 0 Å². The average molecular weight is 259 g/mol. The normalized spacial score (nSPS) is 10.9. The van der Waals surface area contributed by atoms with Crippen molar-refractivity contribution in [1.29, 1.82) is 0 Å². The zero-order valence-corrected chi connectivity index (χ0v) is 11.9. The van der Waals surface area contributed by atoms with Crippen LogP contribution in [0.15, 0.2) is 18.2 Å². The monoisotopic (exact) mass is 259 g/mol. The zero-order valence-electron chi connectivity index (χ0n) is 11.9. The molecule has 0 unspecified atom stereocenters. The molecule has 0 saturated carbocycles. The van der Waals surface area contributed by atoms with Crippen molar-refractivity contribution in [3.05, 3.63) is 29.5 Å². The van der Waals surface area contributed by atoms with Gasteiger partial charge >= 0.3 is 0 Å². The van der Waals surface area contributed by atoms with Gasteiger partial charge in [0.1, 0.15) is 5.75 Å². The van der Waals surface area contributed by atoms with Crippen LogP contribution in [0.4, 0.5) is 0 Å². The third kappa shape index (κ3) is 2.50. The number of unbranched alkanes of at least 4 members (excludes halogenated alkanes) is 1. The Labute approximate surface area is 114 Å². The highest BCUT2D eigenvalue weighted by Crippen LogP contribution is 2.28. The van der Waals surface area contributed by atoms with Gasteiger partial charge in [0.05, 0.1) is 6.61 Å². The molecule has 19 heavy (non-hydrogen) atoms. The van der Waals surface area contributed by atoms with Gasteiger partial charge < -0.3 is 9.30 Å². The molecule has 0 spiro atoms. The van der Waals surface area contributed by atoms with E-state index in [1.807, 2.05) is 25.1 Å².